The summed E-state index contributed by atoms with van der Waals surface area (Å²) in [6.07, 6.45) is -4.41. The van der Waals surface area contributed by atoms with Gasteiger partial charge in [-0.05, 0) is 83.1 Å². The molecule has 101 heavy (non-hydrogen) atoms. The molecular weight excluding hydrogens is 1330 g/mol. The molecule has 0 heterocycles. The summed E-state index contributed by atoms with van der Waals surface area (Å²) in [5.74, 6) is -4.30. The Balaban J connectivity index is 5.87. The van der Waals surface area contributed by atoms with Gasteiger partial charge in [-0.3, -0.25) is 38.4 Å². The molecule has 0 aliphatic rings. The Bertz CT molecular complexity index is 2090. The van der Waals surface area contributed by atoms with E-state index < -0.39 is 99.4 Å². The summed E-state index contributed by atoms with van der Waals surface area (Å²) < 4.78 is 64.4. The maximum absolute atomic E-state index is 13.5. The fourth-order valence-electron chi connectivity index (χ4n) is 7.63. The fourth-order valence-corrected chi connectivity index (χ4v) is 7.63. The normalized spacial score (nSPS) is 11.6. The topological polar surface area (TPSA) is 460 Å². The van der Waals surface area contributed by atoms with E-state index in [1.807, 2.05) is 0 Å². The van der Waals surface area contributed by atoms with Crippen LogP contribution in [0.3, 0.4) is 0 Å². The van der Waals surface area contributed by atoms with Crippen molar-refractivity contribution < 1.29 is 114 Å². The molecule has 0 aromatic carbocycles. The Labute approximate surface area is 594 Å². The molecule has 0 aromatic heterocycles. The molecule has 12 amide bonds. The van der Waals surface area contributed by atoms with Crippen LogP contribution in [0.25, 0.3) is 0 Å². The minimum absolute atomic E-state index is 0.119. The summed E-state index contributed by atoms with van der Waals surface area (Å²) in [6, 6.07) is 0. The lowest BCUT2D eigenvalue weighted by molar-refractivity contribution is -0.128. The molecule has 0 fully saturated rings. The third-order valence-corrected chi connectivity index (χ3v) is 12.4. The van der Waals surface area contributed by atoms with Crippen molar-refractivity contribution in [3.8, 4) is 0 Å². The number of amides is 12. The van der Waals surface area contributed by atoms with Crippen LogP contribution in [0.5, 0.6) is 0 Å². The largest absolute Gasteiger partial charge is 0.444 e. The fraction of sp³-hybridized carbons (Fsp3) is 0.815. The highest BCUT2D eigenvalue weighted by Gasteiger charge is 2.33. The van der Waals surface area contributed by atoms with Crippen LogP contribution < -0.4 is 63.8 Å². The van der Waals surface area contributed by atoms with Crippen LogP contribution in [0.4, 0.5) is 19.2 Å². The SMILES string of the molecule is CC(C)(C)OC(=O)NCCOCCOCCNC(=O)CCC(=O)NCC(CNC(=O)CCC(=O)NCCOCCOCCNC(=O)OC(C)(C)C)(CNC(=O)CCC(=O)NCCOCCOCCNC(=O)OC(C)(C)C)CNC(=O)CCC(=O)NCCOCCOCCNC(=O)OC(C)(C)C. The number of ether oxygens (including phenoxy) is 12. The van der Waals surface area contributed by atoms with Crippen molar-refractivity contribution in [2.75, 3.05) is 184 Å². The Kier molecular flexibility index (Phi) is 51.1. The van der Waals surface area contributed by atoms with Crippen LogP contribution in [0.2, 0.25) is 0 Å². The average molecular weight is 1450 g/mol. The molecule has 0 spiro atoms. The monoisotopic (exact) mass is 1450 g/mol. The van der Waals surface area contributed by atoms with Gasteiger partial charge in [0.25, 0.3) is 0 Å². The van der Waals surface area contributed by atoms with Gasteiger partial charge in [0.05, 0.1) is 106 Å². The first-order valence-corrected chi connectivity index (χ1v) is 34.2. The molecule has 36 heteroatoms. The van der Waals surface area contributed by atoms with Crippen molar-refractivity contribution in [1.29, 1.82) is 0 Å². The summed E-state index contributed by atoms with van der Waals surface area (Å²) in [5, 5.41) is 32.0. The molecule has 0 aliphatic heterocycles. The number of carbonyl (C=O) groups excluding carboxylic acids is 12. The highest BCUT2D eigenvalue weighted by molar-refractivity contribution is 5.86. The molecule has 0 bridgehead atoms. The lowest BCUT2D eigenvalue weighted by Gasteiger charge is -2.35. The van der Waals surface area contributed by atoms with E-state index in [4.69, 9.17) is 56.8 Å². The molecule has 0 aromatic rings. The van der Waals surface area contributed by atoms with Crippen LogP contribution in [-0.2, 0) is 95.2 Å². The van der Waals surface area contributed by atoms with Gasteiger partial charge in [0.1, 0.15) is 22.4 Å². The second kappa shape index (κ2) is 55.2. The van der Waals surface area contributed by atoms with Crippen molar-refractivity contribution in [3.05, 3.63) is 0 Å². The Morgan fingerprint density at radius 1 is 0.198 bits per heavy atom. The number of carbonyl (C=O) groups is 12. The van der Waals surface area contributed by atoms with E-state index in [1.165, 1.54) is 0 Å². The predicted octanol–water partition coefficient (Wildman–Crippen LogP) is 0.255. The molecule has 584 valence electrons. The van der Waals surface area contributed by atoms with Crippen molar-refractivity contribution in [2.24, 2.45) is 5.41 Å². The van der Waals surface area contributed by atoms with Gasteiger partial charge in [-0.1, -0.05) is 0 Å². The second-order valence-corrected chi connectivity index (χ2v) is 26.6. The predicted molar refractivity (Wildman–Crippen MR) is 367 cm³/mol. The molecule has 12 N–H and O–H groups in total. The number of rotatable bonds is 56. The van der Waals surface area contributed by atoms with E-state index in [0.29, 0.717) is 0 Å². The van der Waals surface area contributed by atoms with Gasteiger partial charge in [-0.25, -0.2) is 19.2 Å². The molecule has 0 saturated heterocycles. The Morgan fingerprint density at radius 2 is 0.337 bits per heavy atom. The Morgan fingerprint density at radius 3 is 0.485 bits per heavy atom. The first-order chi connectivity index (χ1) is 47.6. The zero-order chi connectivity index (χ0) is 75.9. The zero-order valence-corrected chi connectivity index (χ0v) is 61.8. The summed E-state index contributed by atoms with van der Waals surface area (Å²) >= 11 is 0. The maximum atomic E-state index is 13.5. The number of hydrogen-bond donors (Lipinski definition) is 12. The summed E-state index contributed by atoms with van der Waals surface area (Å²) in [7, 11) is 0. The van der Waals surface area contributed by atoms with Gasteiger partial charge in [0, 0.05) is 135 Å². The average Bonchev–Trinajstić information content (AvgIpc) is 0.855. The van der Waals surface area contributed by atoms with E-state index in [2.05, 4.69) is 63.8 Å². The highest BCUT2D eigenvalue weighted by atomic mass is 16.6. The third-order valence-electron chi connectivity index (χ3n) is 12.4. The number of hydrogen-bond acceptors (Lipinski definition) is 24. The number of alkyl carbamates (subject to hydrolysis) is 4. The van der Waals surface area contributed by atoms with Gasteiger partial charge in [0.2, 0.25) is 47.3 Å². The van der Waals surface area contributed by atoms with Crippen molar-refractivity contribution >= 4 is 71.6 Å². The van der Waals surface area contributed by atoms with Gasteiger partial charge >= 0.3 is 24.4 Å². The van der Waals surface area contributed by atoms with Crippen LogP contribution in [0, 0.1) is 5.41 Å². The molecule has 0 atom stereocenters. The van der Waals surface area contributed by atoms with Gasteiger partial charge in [0.15, 0.2) is 0 Å². The quantitative estimate of drug-likeness (QED) is 0.0287. The van der Waals surface area contributed by atoms with Crippen LogP contribution in [0.1, 0.15) is 134 Å². The molecule has 0 aliphatic carbocycles. The highest BCUT2D eigenvalue weighted by Crippen LogP contribution is 2.16. The van der Waals surface area contributed by atoms with Crippen LogP contribution >= 0.6 is 0 Å². The van der Waals surface area contributed by atoms with Gasteiger partial charge < -0.3 is 121 Å². The Hall–Kier alpha value is -7.48. The first kappa shape index (κ1) is 93.5. The molecule has 0 saturated carbocycles. The minimum Gasteiger partial charge on any atom is -0.444 e. The zero-order valence-electron chi connectivity index (χ0n) is 61.8. The summed E-state index contributed by atoms with van der Waals surface area (Å²) in [4.78, 5) is 152. The van der Waals surface area contributed by atoms with Gasteiger partial charge in [-0.2, -0.15) is 0 Å². The van der Waals surface area contributed by atoms with Crippen LogP contribution in [0.15, 0.2) is 0 Å². The first-order valence-electron chi connectivity index (χ1n) is 34.2. The van der Waals surface area contributed by atoms with Crippen LogP contribution in [-0.4, -0.2) is 278 Å². The molecular formula is C65H120N12O24. The lowest BCUT2D eigenvalue weighted by atomic mass is 9.86. The standard InChI is InChI=1S/C65H120N12O24/c1-61(2,3)98-57(86)70-25-33-94-41-37-90-29-21-66-49(78)13-17-53(82)74-45-65(46-75-54(83)18-14-50(79)67-22-30-91-38-42-95-34-26-71-58(87)99-62(4,5)6,47-76-55(84)19-15-51(80)68-23-31-92-39-43-96-35-27-72-59(88)100-63(7,8)9)48-77-56(85)20-16-52(81)69-24-32-93-40-44-97-36-28-73-60(89)101-64(10,11)12/h13-48H2,1-12H3,(H,66,78)(H,67,79)(H,68,80)(H,69,81)(H,70,86)(H,71,87)(H,72,88)(H,73,89)(H,74,82)(H,75,83)(H,76,84)(H,77,85). The van der Waals surface area contributed by atoms with Crippen molar-refractivity contribution in [3.63, 3.8) is 0 Å². The molecule has 0 radical (unpaired) electrons. The van der Waals surface area contributed by atoms with E-state index in [9.17, 15) is 57.5 Å². The van der Waals surface area contributed by atoms with Crippen molar-refractivity contribution in [1.82, 2.24) is 63.8 Å². The van der Waals surface area contributed by atoms with Gasteiger partial charge in [-0.15, -0.1) is 0 Å². The molecule has 0 unspecified atom stereocenters. The van der Waals surface area contributed by atoms with E-state index in [-0.39, 0.29) is 236 Å². The lowest BCUT2D eigenvalue weighted by Crippen LogP contribution is -2.57. The minimum atomic E-state index is -1.41. The van der Waals surface area contributed by atoms with E-state index in [1.54, 1.807) is 83.1 Å². The molecule has 36 nitrogen and oxygen atoms in total. The molecule has 0 rings (SSSR count). The third kappa shape index (κ3) is 64.4. The van der Waals surface area contributed by atoms with E-state index in [0.717, 1.165) is 0 Å². The van der Waals surface area contributed by atoms with Crippen molar-refractivity contribution in [2.45, 2.75) is 157 Å². The second-order valence-electron chi connectivity index (χ2n) is 26.6. The number of nitrogens with one attached hydrogen (secondary N) is 12. The summed E-state index contributed by atoms with van der Waals surface area (Å²) in [5.41, 5.74) is -3.95. The smallest absolute Gasteiger partial charge is 0.407 e. The summed E-state index contributed by atoms with van der Waals surface area (Å²) in [6.45, 7) is 24.3. The maximum Gasteiger partial charge on any atom is 0.407 e. The van der Waals surface area contributed by atoms with E-state index >= 15 is 0 Å².